The van der Waals surface area contributed by atoms with E-state index in [1.165, 1.54) is 17.6 Å². The first kappa shape index (κ1) is 11.7. The smallest absolute Gasteiger partial charge is 0.174 e. The lowest BCUT2D eigenvalue weighted by Gasteiger charge is -2.06. The minimum absolute atomic E-state index is 0.103. The van der Waals surface area contributed by atoms with Gasteiger partial charge in [0, 0.05) is 12.7 Å². The Bertz CT molecular complexity index is 530. The van der Waals surface area contributed by atoms with E-state index in [-0.39, 0.29) is 5.78 Å². The van der Waals surface area contributed by atoms with Gasteiger partial charge in [0.25, 0.3) is 0 Å². The van der Waals surface area contributed by atoms with Gasteiger partial charge in [-0.05, 0) is 19.8 Å². The van der Waals surface area contributed by atoms with Crippen molar-refractivity contribution in [1.82, 2.24) is 4.98 Å². The van der Waals surface area contributed by atoms with Crippen LogP contribution in [0, 0.1) is 0 Å². The largest absolute Gasteiger partial charge is 0.293 e. The maximum Gasteiger partial charge on any atom is 0.174 e. The van der Waals surface area contributed by atoms with Gasteiger partial charge in [-0.3, -0.25) is 4.79 Å². The van der Waals surface area contributed by atoms with E-state index >= 15 is 0 Å². The van der Waals surface area contributed by atoms with Gasteiger partial charge in [0.1, 0.15) is 10.3 Å². The number of carbonyl (C=O) groups excluding carboxylic acids is 1. The van der Waals surface area contributed by atoms with Crippen molar-refractivity contribution in [3.05, 3.63) is 15.6 Å². The molecular weight excluding hydrogens is 246 g/mol. The second-order valence-electron chi connectivity index (χ2n) is 4.08. The topological polar surface area (TPSA) is 64.1 Å². The SMILES string of the molecule is CC(c1nc2c(s1)C(=O)CCC2)S(C)(=O)=O. The fourth-order valence-electron chi connectivity index (χ4n) is 1.64. The second kappa shape index (κ2) is 3.92. The van der Waals surface area contributed by atoms with Crippen molar-refractivity contribution in [3.8, 4) is 0 Å². The lowest BCUT2D eigenvalue weighted by atomic mass is 10.0. The summed E-state index contributed by atoms with van der Waals surface area (Å²) in [5.41, 5.74) is 0.784. The Morgan fingerprint density at radius 2 is 2.06 bits per heavy atom. The molecule has 1 aromatic heterocycles. The van der Waals surface area contributed by atoms with Crippen LogP contribution in [0.2, 0.25) is 0 Å². The summed E-state index contributed by atoms with van der Waals surface area (Å²) in [6.07, 6.45) is 3.36. The summed E-state index contributed by atoms with van der Waals surface area (Å²) in [6.45, 7) is 1.62. The molecule has 88 valence electrons. The van der Waals surface area contributed by atoms with Crippen molar-refractivity contribution < 1.29 is 13.2 Å². The average molecular weight is 259 g/mol. The Hall–Kier alpha value is -0.750. The monoisotopic (exact) mass is 259 g/mol. The van der Waals surface area contributed by atoms with Crippen LogP contribution in [0.4, 0.5) is 0 Å². The Balaban J connectivity index is 2.42. The maximum absolute atomic E-state index is 11.6. The standard InChI is InChI=1S/C10H13NO3S2/c1-6(16(2,13)14)10-11-7-4-3-5-8(12)9(7)15-10/h6H,3-5H2,1-2H3. The average Bonchev–Trinajstić information content (AvgIpc) is 2.60. The van der Waals surface area contributed by atoms with Crippen molar-refractivity contribution in [2.75, 3.05) is 6.26 Å². The minimum atomic E-state index is -3.14. The number of thiazole rings is 1. The lowest BCUT2D eigenvalue weighted by molar-refractivity contribution is 0.0976. The van der Waals surface area contributed by atoms with Crippen LogP contribution in [0.25, 0.3) is 0 Å². The number of fused-ring (bicyclic) bond motifs is 1. The number of hydrogen-bond donors (Lipinski definition) is 0. The van der Waals surface area contributed by atoms with Crippen LogP contribution in [0.3, 0.4) is 0 Å². The Morgan fingerprint density at radius 3 is 2.62 bits per heavy atom. The summed E-state index contributed by atoms with van der Waals surface area (Å²) < 4.78 is 22.8. The maximum atomic E-state index is 11.6. The van der Waals surface area contributed by atoms with E-state index in [9.17, 15) is 13.2 Å². The summed E-state index contributed by atoms with van der Waals surface area (Å²) in [6, 6.07) is 0. The van der Waals surface area contributed by atoms with Crippen LogP contribution in [-0.4, -0.2) is 25.4 Å². The van der Waals surface area contributed by atoms with E-state index in [4.69, 9.17) is 0 Å². The zero-order chi connectivity index (χ0) is 11.9. The lowest BCUT2D eigenvalue weighted by Crippen LogP contribution is -2.08. The van der Waals surface area contributed by atoms with Gasteiger partial charge in [0.05, 0.1) is 10.6 Å². The molecule has 0 N–H and O–H groups in total. The normalized spacial score (nSPS) is 18.2. The van der Waals surface area contributed by atoms with E-state index in [0.717, 1.165) is 18.5 Å². The number of nitrogens with zero attached hydrogens (tertiary/aromatic N) is 1. The zero-order valence-corrected chi connectivity index (χ0v) is 10.8. The molecule has 2 rings (SSSR count). The molecule has 16 heavy (non-hydrogen) atoms. The highest BCUT2D eigenvalue weighted by molar-refractivity contribution is 7.91. The number of carbonyl (C=O) groups is 1. The van der Waals surface area contributed by atoms with Crippen LogP contribution in [0.5, 0.6) is 0 Å². The van der Waals surface area contributed by atoms with E-state index in [2.05, 4.69) is 4.98 Å². The molecule has 6 heteroatoms. The minimum Gasteiger partial charge on any atom is -0.293 e. The Morgan fingerprint density at radius 1 is 1.38 bits per heavy atom. The van der Waals surface area contributed by atoms with Crippen molar-refractivity contribution >= 4 is 27.0 Å². The molecule has 0 fully saturated rings. The van der Waals surface area contributed by atoms with Crippen molar-refractivity contribution in [2.24, 2.45) is 0 Å². The van der Waals surface area contributed by atoms with E-state index < -0.39 is 15.1 Å². The second-order valence-corrected chi connectivity index (χ2v) is 7.47. The van der Waals surface area contributed by atoms with Gasteiger partial charge in [0.2, 0.25) is 0 Å². The number of sulfone groups is 1. The number of hydrogen-bond acceptors (Lipinski definition) is 5. The molecule has 0 amide bonds. The number of aromatic nitrogens is 1. The van der Waals surface area contributed by atoms with Crippen molar-refractivity contribution in [3.63, 3.8) is 0 Å². The number of aryl methyl sites for hydroxylation is 1. The first-order valence-corrected chi connectivity index (χ1v) is 7.88. The van der Waals surface area contributed by atoms with Gasteiger partial charge in [-0.15, -0.1) is 11.3 Å². The van der Waals surface area contributed by atoms with Gasteiger partial charge >= 0.3 is 0 Å². The third-order valence-corrected chi connectivity index (χ3v) is 5.75. The van der Waals surface area contributed by atoms with Crippen LogP contribution < -0.4 is 0 Å². The van der Waals surface area contributed by atoms with Gasteiger partial charge in [-0.1, -0.05) is 0 Å². The molecule has 0 saturated heterocycles. The molecule has 1 aliphatic carbocycles. The summed E-state index contributed by atoms with van der Waals surface area (Å²) in [5, 5.41) is -0.0707. The molecule has 1 aromatic rings. The fourth-order valence-corrected chi connectivity index (χ4v) is 3.74. The highest BCUT2D eigenvalue weighted by Crippen LogP contribution is 2.32. The fraction of sp³-hybridized carbons (Fsp3) is 0.600. The van der Waals surface area contributed by atoms with Gasteiger partial charge in [-0.25, -0.2) is 13.4 Å². The van der Waals surface area contributed by atoms with Crippen molar-refractivity contribution in [1.29, 1.82) is 0 Å². The van der Waals surface area contributed by atoms with Crippen LogP contribution in [0.1, 0.15) is 45.4 Å². The highest BCUT2D eigenvalue weighted by atomic mass is 32.2. The van der Waals surface area contributed by atoms with Crippen LogP contribution in [0.15, 0.2) is 0 Å². The summed E-state index contributed by atoms with van der Waals surface area (Å²) in [5.74, 6) is 0.103. The van der Waals surface area contributed by atoms with E-state index in [1.54, 1.807) is 6.92 Å². The molecule has 0 radical (unpaired) electrons. The molecule has 1 aliphatic rings. The first-order valence-electron chi connectivity index (χ1n) is 5.11. The first-order chi connectivity index (χ1) is 7.39. The molecule has 0 aliphatic heterocycles. The highest BCUT2D eigenvalue weighted by Gasteiger charge is 2.27. The number of ketones is 1. The summed E-state index contributed by atoms with van der Waals surface area (Å²) in [7, 11) is -3.14. The summed E-state index contributed by atoms with van der Waals surface area (Å²) in [4.78, 5) is 16.5. The Kier molecular flexibility index (Phi) is 2.88. The third-order valence-electron chi connectivity index (χ3n) is 2.77. The molecule has 4 nitrogen and oxygen atoms in total. The number of Topliss-reactive ketones (excluding diaryl/α,β-unsaturated/α-hetero) is 1. The van der Waals surface area contributed by atoms with Gasteiger partial charge < -0.3 is 0 Å². The van der Waals surface area contributed by atoms with Gasteiger partial charge in [0.15, 0.2) is 15.6 Å². The molecule has 1 atom stereocenters. The molecule has 1 unspecified atom stereocenters. The van der Waals surface area contributed by atoms with Crippen LogP contribution >= 0.6 is 11.3 Å². The third kappa shape index (κ3) is 2.04. The molecular formula is C10H13NO3S2. The van der Waals surface area contributed by atoms with Crippen molar-refractivity contribution in [2.45, 2.75) is 31.4 Å². The molecule has 0 bridgehead atoms. The van der Waals surface area contributed by atoms with E-state index in [0.29, 0.717) is 16.3 Å². The quantitative estimate of drug-likeness (QED) is 0.812. The van der Waals surface area contributed by atoms with E-state index in [1.807, 2.05) is 0 Å². The molecule has 1 heterocycles. The predicted octanol–water partition coefficient (Wildman–Crippen LogP) is 1.77. The Labute approximate surface area is 98.6 Å². The van der Waals surface area contributed by atoms with Gasteiger partial charge in [-0.2, -0.15) is 0 Å². The zero-order valence-electron chi connectivity index (χ0n) is 9.19. The predicted molar refractivity (Wildman–Crippen MR) is 62.6 cm³/mol. The molecule has 0 saturated carbocycles. The molecule has 0 spiro atoms. The van der Waals surface area contributed by atoms with Crippen LogP contribution in [-0.2, 0) is 16.3 Å². The molecule has 0 aromatic carbocycles. The number of rotatable bonds is 2. The summed E-state index contributed by atoms with van der Waals surface area (Å²) >= 11 is 1.24.